The molecule has 1 aromatic rings. The van der Waals surface area contributed by atoms with Gasteiger partial charge in [-0.1, -0.05) is 71.4 Å². The molecule has 2 unspecified atom stereocenters. The van der Waals surface area contributed by atoms with Crippen LogP contribution in [-0.2, 0) is 5.41 Å². The largest absolute Gasteiger partial charge is 0.380 e. The average molecular weight is 286 g/mol. The number of unbranched alkanes of at least 4 members (excludes halogenated alkanes) is 1. The lowest BCUT2D eigenvalue weighted by Gasteiger charge is -2.18. The Morgan fingerprint density at radius 1 is 1.10 bits per heavy atom. The van der Waals surface area contributed by atoms with Crippen molar-refractivity contribution < 1.29 is 5.11 Å². The van der Waals surface area contributed by atoms with Crippen molar-refractivity contribution in [2.45, 2.75) is 71.8 Å². The number of aliphatic hydroxyl groups excluding tert-OH is 1. The number of hydrogen-bond acceptors (Lipinski definition) is 1. The summed E-state index contributed by atoms with van der Waals surface area (Å²) in [4.78, 5) is 0. The second-order valence-electron chi connectivity index (χ2n) is 6.85. The van der Waals surface area contributed by atoms with Gasteiger partial charge in [-0.15, -0.1) is 0 Å². The van der Waals surface area contributed by atoms with E-state index in [2.05, 4.69) is 58.6 Å². The highest BCUT2D eigenvalue weighted by Gasteiger charge is 2.14. The summed E-state index contributed by atoms with van der Waals surface area (Å²) in [6.45, 7) is 10.9. The van der Waals surface area contributed by atoms with Crippen LogP contribution in [0.4, 0.5) is 0 Å². The molecule has 1 aromatic carbocycles. The topological polar surface area (TPSA) is 20.2 Å². The summed E-state index contributed by atoms with van der Waals surface area (Å²) in [5.41, 5.74) is 2.45. The lowest BCUT2D eigenvalue weighted by atomic mass is 9.87. The summed E-state index contributed by atoms with van der Waals surface area (Å²) in [5, 5.41) is 10.2. The summed E-state index contributed by atoms with van der Waals surface area (Å²) in [6.07, 6.45) is 3.87. The average Bonchev–Trinajstić information content (AvgIpc) is 2.45. The third-order valence-corrected chi connectivity index (χ3v) is 4.01. The van der Waals surface area contributed by atoms with Crippen LogP contribution in [0.2, 0.25) is 0 Å². The van der Waals surface area contributed by atoms with Gasteiger partial charge in [-0.25, -0.2) is 0 Å². The van der Waals surface area contributed by atoms with Crippen LogP contribution in [0.3, 0.4) is 0 Å². The fourth-order valence-corrected chi connectivity index (χ4v) is 2.38. The first kappa shape index (κ1) is 17.8. The molecule has 0 aliphatic heterocycles. The maximum atomic E-state index is 10.2. The predicted molar refractivity (Wildman–Crippen MR) is 91.3 cm³/mol. The second-order valence-corrected chi connectivity index (χ2v) is 6.85. The molecule has 0 aliphatic rings. The quantitative estimate of drug-likeness (QED) is 0.762. The molecular weight excluding hydrogens is 256 g/mol. The molecule has 0 radical (unpaired) electrons. The summed E-state index contributed by atoms with van der Waals surface area (Å²) in [6, 6.07) is 8.36. The summed E-state index contributed by atoms with van der Waals surface area (Å²) >= 11 is 0. The molecule has 0 bridgehead atoms. The fraction of sp³-hybridized carbons (Fsp3) is 0.600. The lowest BCUT2D eigenvalue weighted by molar-refractivity contribution is 0.150. The molecule has 21 heavy (non-hydrogen) atoms. The lowest BCUT2D eigenvalue weighted by Crippen LogP contribution is -2.17. The molecule has 1 nitrogen and oxygen atoms in total. The molecule has 0 aromatic heterocycles. The monoisotopic (exact) mass is 286 g/mol. The van der Waals surface area contributed by atoms with Crippen LogP contribution in [-0.4, -0.2) is 11.2 Å². The van der Waals surface area contributed by atoms with E-state index in [4.69, 9.17) is 0 Å². The van der Waals surface area contributed by atoms with E-state index in [1.54, 1.807) is 0 Å². The fourth-order valence-electron chi connectivity index (χ4n) is 2.38. The SMILES string of the molecule is CCCCC(CC)C(O)C#Cc1ccc(C(C)(C)C)cc1. The normalized spacial score (nSPS) is 14.2. The van der Waals surface area contributed by atoms with Gasteiger partial charge in [0.25, 0.3) is 0 Å². The smallest absolute Gasteiger partial charge is 0.117 e. The highest BCUT2D eigenvalue weighted by atomic mass is 16.3. The first-order valence-electron chi connectivity index (χ1n) is 8.18. The van der Waals surface area contributed by atoms with Crippen LogP contribution in [0.5, 0.6) is 0 Å². The minimum atomic E-state index is -0.510. The molecule has 1 N–H and O–H groups in total. The van der Waals surface area contributed by atoms with Gasteiger partial charge in [0.1, 0.15) is 6.10 Å². The zero-order valence-corrected chi connectivity index (χ0v) is 14.2. The van der Waals surface area contributed by atoms with Gasteiger partial charge in [-0.2, -0.15) is 0 Å². The maximum absolute atomic E-state index is 10.2. The first-order chi connectivity index (χ1) is 9.88. The van der Waals surface area contributed by atoms with Crippen LogP contribution in [0.1, 0.15) is 71.4 Å². The Morgan fingerprint density at radius 2 is 1.71 bits per heavy atom. The van der Waals surface area contributed by atoms with Crippen molar-refractivity contribution in [2.75, 3.05) is 0 Å². The Morgan fingerprint density at radius 3 is 2.19 bits per heavy atom. The van der Waals surface area contributed by atoms with Gasteiger partial charge in [0.05, 0.1) is 0 Å². The highest BCUT2D eigenvalue weighted by Crippen LogP contribution is 2.22. The molecule has 0 fully saturated rings. The summed E-state index contributed by atoms with van der Waals surface area (Å²) < 4.78 is 0. The van der Waals surface area contributed by atoms with Crippen molar-refractivity contribution >= 4 is 0 Å². The van der Waals surface area contributed by atoms with E-state index in [0.717, 1.165) is 24.8 Å². The molecule has 1 heteroatoms. The number of rotatable bonds is 5. The summed E-state index contributed by atoms with van der Waals surface area (Å²) in [7, 11) is 0. The minimum absolute atomic E-state index is 0.166. The molecule has 0 spiro atoms. The van der Waals surface area contributed by atoms with Crippen LogP contribution >= 0.6 is 0 Å². The number of hydrogen-bond donors (Lipinski definition) is 1. The van der Waals surface area contributed by atoms with Gasteiger partial charge < -0.3 is 5.11 Å². The first-order valence-corrected chi connectivity index (χ1v) is 8.18. The zero-order valence-electron chi connectivity index (χ0n) is 14.2. The Hall–Kier alpha value is -1.26. The van der Waals surface area contributed by atoms with Gasteiger partial charge >= 0.3 is 0 Å². The number of benzene rings is 1. The standard InChI is InChI=1S/C20H30O/c1-6-8-9-17(7-2)19(21)15-12-16-10-13-18(14-11-16)20(3,4)5/h10-11,13-14,17,19,21H,6-9H2,1-5H3. The predicted octanol–water partition coefficient (Wildman–Crippen LogP) is 4.91. The molecule has 0 heterocycles. The Balaban J connectivity index is 2.72. The van der Waals surface area contributed by atoms with Gasteiger partial charge in [-0.05, 0) is 41.9 Å². The van der Waals surface area contributed by atoms with Gasteiger partial charge in [0.15, 0.2) is 0 Å². The number of aliphatic hydroxyl groups is 1. The van der Waals surface area contributed by atoms with Crippen molar-refractivity contribution in [1.29, 1.82) is 0 Å². The Labute approximate surface area is 130 Å². The van der Waals surface area contributed by atoms with Crippen LogP contribution < -0.4 is 0 Å². The molecule has 116 valence electrons. The molecule has 2 atom stereocenters. The van der Waals surface area contributed by atoms with Crippen LogP contribution in [0.25, 0.3) is 0 Å². The van der Waals surface area contributed by atoms with E-state index < -0.39 is 6.10 Å². The van der Waals surface area contributed by atoms with Crippen LogP contribution in [0.15, 0.2) is 24.3 Å². The molecular formula is C20H30O. The third kappa shape index (κ3) is 5.94. The minimum Gasteiger partial charge on any atom is -0.380 e. The van der Waals surface area contributed by atoms with E-state index in [9.17, 15) is 5.11 Å². The molecule has 1 rings (SSSR count). The third-order valence-electron chi connectivity index (χ3n) is 4.01. The van der Waals surface area contributed by atoms with Gasteiger partial charge in [0, 0.05) is 5.56 Å². The van der Waals surface area contributed by atoms with Gasteiger partial charge in [-0.3, -0.25) is 0 Å². The molecule has 0 amide bonds. The van der Waals surface area contributed by atoms with E-state index in [-0.39, 0.29) is 5.41 Å². The van der Waals surface area contributed by atoms with Crippen LogP contribution in [0, 0.1) is 17.8 Å². The highest BCUT2D eigenvalue weighted by molar-refractivity contribution is 5.38. The van der Waals surface area contributed by atoms with E-state index in [1.807, 2.05) is 12.1 Å². The van der Waals surface area contributed by atoms with E-state index in [1.165, 1.54) is 12.0 Å². The summed E-state index contributed by atoms with van der Waals surface area (Å²) in [5.74, 6) is 6.43. The maximum Gasteiger partial charge on any atom is 0.117 e. The van der Waals surface area contributed by atoms with Crippen molar-refractivity contribution in [3.05, 3.63) is 35.4 Å². The Kier molecular flexibility index (Phi) is 6.99. The van der Waals surface area contributed by atoms with Crippen molar-refractivity contribution in [1.82, 2.24) is 0 Å². The Bertz CT molecular complexity index is 467. The molecule has 0 aliphatic carbocycles. The van der Waals surface area contributed by atoms with Gasteiger partial charge in [0.2, 0.25) is 0 Å². The molecule has 0 saturated heterocycles. The zero-order chi connectivity index (χ0) is 15.9. The molecule has 0 saturated carbocycles. The van der Waals surface area contributed by atoms with Crippen molar-refractivity contribution in [3.63, 3.8) is 0 Å². The van der Waals surface area contributed by atoms with Crippen molar-refractivity contribution in [3.8, 4) is 11.8 Å². The van der Waals surface area contributed by atoms with E-state index in [0.29, 0.717) is 5.92 Å². The second kappa shape index (κ2) is 8.25. The van der Waals surface area contributed by atoms with E-state index >= 15 is 0 Å². The van der Waals surface area contributed by atoms with Crippen molar-refractivity contribution in [2.24, 2.45) is 5.92 Å².